The number of nitrogens with one attached hydrogen (secondary N) is 1. The monoisotopic (exact) mass is 415 g/mol. The van der Waals surface area contributed by atoms with Crippen LogP contribution in [-0.2, 0) is 11.3 Å². The normalized spacial score (nSPS) is 14.6. The molecule has 1 amide bonds. The maximum atomic E-state index is 12.1. The van der Waals surface area contributed by atoms with Gasteiger partial charge in [-0.1, -0.05) is 23.7 Å². The number of hydrogen-bond donors (Lipinski definition) is 2. The Kier molecular flexibility index (Phi) is 7.19. The van der Waals surface area contributed by atoms with Crippen LogP contribution in [0.2, 0.25) is 5.02 Å². The Morgan fingerprint density at radius 3 is 2.38 bits per heavy atom. The van der Waals surface area contributed by atoms with E-state index in [0.29, 0.717) is 12.5 Å². The van der Waals surface area contributed by atoms with Crippen molar-refractivity contribution in [3.63, 3.8) is 0 Å². The van der Waals surface area contributed by atoms with Crippen LogP contribution in [-0.4, -0.2) is 56.6 Å². The third-order valence-corrected chi connectivity index (χ3v) is 5.08. The summed E-state index contributed by atoms with van der Waals surface area (Å²) in [6.07, 6.45) is 0. The summed E-state index contributed by atoms with van der Waals surface area (Å²) in [4.78, 5) is 20.6. The molecule has 8 heteroatoms. The first-order valence-electron chi connectivity index (χ1n) is 9.50. The Morgan fingerprint density at radius 1 is 1.10 bits per heavy atom. The second-order valence-corrected chi connectivity index (χ2v) is 7.19. The number of ether oxygens (including phenoxy) is 1. The van der Waals surface area contributed by atoms with E-state index in [0.717, 1.165) is 48.2 Å². The zero-order chi connectivity index (χ0) is 20.6. The van der Waals surface area contributed by atoms with Crippen molar-refractivity contribution in [2.24, 2.45) is 10.7 Å². The Balaban J connectivity index is 1.42. The van der Waals surface area contributed by atoms with Crippen LogP contribution >= 0.6 is 11.6 Å². The zero-order valence-electron chi connectivity index (χ0n) is 16.5. The number of anilines is 1. The van der Waals surface area contributed by atoms with Crippen molar-refractivity contribution >= 4 is 29.2 Å². The molecule has 2 aromatic rings. The summed E-state index contributed by atoms with van der Waals surface area (Å²) in [5.41, 5.74) is 8.22. The Hall–Kier alpha value is -2.93. The average Bonchev–Trinajstić information content (AvgIpc) is 2.77. The summed E-state index contributed by atoms with van der Waals surface area (Å²) >= 11 is 5.95. The number of hydrogen-bond acceptors (Lipinski definition) is 4. The van der Waals surface area contributed by atoms with Gasteiger partial charge in [-0.2, -0.15) is 0 Å². The number of piperazine rings is 1. The van der Waals surface area contributed by atoms with Gasteiger partial charge in [-0.15, -0.1) is 0 Å². The SMILES string of the molecule is COc1ccc(CNC(=O)CN=C(N)N2CCN(c3ccc(Cl)cc3)CC2)cc1. The highest BCUT2D eigenvalue weighted by Gasteiger charge is 2.18. The van der Waals surface area contributed by atoms with Crippen molar-refractivity contribution in [3.05, 3.63) is 59.1 Å². The third-order valence-electron chi connectivity index (χ3n) is 4.83. The minimum Gasteiger partial charge on any atom is -0.497 e. The van der Waals surface area contributed by atoms with E-state index in [9.17, 15) is 4.79 Å². The van der Waals surface area contributed by atoms with E-state index >= 15 is 0 Å². The molecular weight excluding hydrogens is 390 g/mol. The number of aliphatic imine (C=N–C) groups is 1. The molecule has 0 atom stereocenters. The lowest BCUT2D eigenvalue weighted by atomic mass is 10.2. The molecule has 1 saturated heterocycles. The number of amides is 1. The lowest BCUT2D eigenvalue weighted by molar-refractivity contribution is -0.119. The average molecular weight is 416 g/mol. The van der Waals surface area contributed by atoms with Crippen molar-refractivity contribution < 1.29 is 9.53 Å². The van der Waals surface area contributed by atoms with E-state index in [1.807, 2.05) is 53.4 Å². The number of guanidine groups is 1. The van der Waals surface area contributed by atoms with Gasteiger partial charge in [0.1, 0.15) is 12.3 Å². The fourth-order valence-electron chi connectivity index (χ4n) is 3.10. The first kappa shape index (κ1) is 20.8. The molecule has 3 rings (SSSR count). The number of carbonyl (C=O) groups excluding carboxylic acids is 1. The first-order valence-corrected chi connectivity index (χ1v) is 9.88. The van der Waals surface area contributed by atoms with Crippen LogP contribution in [0.15, 0.2) is 53.5 Å². The van der Waals surface area contributed by atoms with Crippen LogP contribution < -0.4 is 20.7 Å². The molecule has 154 valence electrons. The van der Waals surface area contributed by atoms with E-state index < -0.39 is 0 Å². The second kappa shape index (κ2) is 10.0. The molecule has 29 heavy (non-hydrogen) atoms. The summed E-state index contributed by atoms with van der Waals surface area (Å²) in [7, 11) is 1.62. The largest absolute Gasteiger partial charge is 0.497 e. The van der Waals surface area contributed by atoms with Crippen molar-refractivity contribution in [2.75, 3.05) is 44.7 Å². The van der Waals surface area contributed by atoms with Gasteiger partial charge < -0.3 is 25.6 Å². The highest BCUT2D eigenvalue weighted by molar-refractivity contribution is 6.30. The van der Waals surface area contributed by atoms with Gasteiger partial charge in [0, 0.05) is 43.4 Å². The minimum absolute atomic E-state index is 0.0133. The topological polar surface area (TPSA) is 83.2 Å². The summed E-state index contributed by atoms with van der Waals surface area (Å²) in [6.45, 7) is 3.64. The minimum atomic E-state index is -0.163. The van der Waals surface area contributed by atoms with Crippen LogP contribution in [0.1, 0.15) is 5.56 Å². The standard InChI is InChI=1S/C21H26ClN5O2/c1-29-19-8-2-16(3-9-19)14-24-20(28)15-25-21(23)27-12-10-26(11-13-27)18-6-4-17(22)5-7-18/h2-9H,10-15H2,1H3,(H2,23,25)(H,24,28). The van der Waals surface area contributed by atoms with Gasteiger partial charge in [-0.3, -0.25) is 4.79 Å². The highest BCUT2D eigenvalue weighted by Crippen LogP contribution is 2.19. The van der Waals surface area contributed by atoms with Crippen LogP contribution in [0, 0.1) is 0 Å². The maximum absolute atomic E-state index is 12.1. The van der Waals surface area contributed by atoms with E-state index in [1.165, 1.54) is 0 Å². The summed E-state index contributed by atoms with van der Waals surface area (Å²) < 4.78 is 5.12. The van der Waals surface area contributed by atoms with Gasteiger partial charge in [0.05, 0.1) is 7.11 Å². The molecule has 0 bridgehead atoms. The molecule has 1 heterocycles. The quantitative estimate of drug-likeness (QED) is 0.557. The number of methoxy groups -OCH3 is 1. The highest BCUT2D eigenvalue weighted by atomic mass is 35.5. The van der Waals surface area contributed by atoms with Crippen LogP contribution in [0.4, 0.5) is 5.69 Å². The number of carbonyl (C=O) groups is 1. The van der Waals surface area contributed by atoms with Gasteiger partial charge in [0.15, 0.2) is 5.96 Å². The Bertz CT molecular complexity index is 831. The van der Waals surface area contributed by atoms with Gasteiger partial charge >= 0.3 is 0 Å². The van der Waals surface area contributed by atoms with Crippen molar-refractivity contribution in [2.45, 2.75) is 6.54 Å². The summed E-state index contributed by atoms with van der Waals surface area (Å²) in [6, 6.07) is 15.4. The fourth-order valence-corrected chi connectivity index (χ4v) is 3.22. The van der Waals surface area contributed by atoms with E-state index in [2.05, 4.69) is 15.2 Å². The van der Waals surface area contributed by atoms with E-state index in [-0.39, 0.29) is 12.5 Å². The summed E-state index contributed by atoms with van der Waals surface area (Å²) in [5.74, 6) is 1.03. The second-order valence-electron chi connectivity index (χ2n) is 6.75. The number of nitrogens with zero attached hydrogens (tertiary/aromatic N) is 3. The smallest absolute Gasteiger partial charge is 0.242 e. The van der Waals surface area contributed by atoms with Crippen molar-refractivity contribution in [1.29, 1.82) is 0 Å². The van der Waals surface area contributed by atoms with Crippen LogP contribution in [0.5, 0.6) is 5.75 Å². The van der Waals surface area contributed by atoms with Gasteiger partial charge in [-0.05, 0) is 42.0 Å². The molecule has 0 unspecified atom stereocenters. The molecule has 0 spiro atoms. The van der Waals surface area contributed by atoms with E-state index in [1.54, 1.807) is 7.11 Å². The molecule has 0 aliphatic carbocycles. The molecular formula is C21H26ClN5O2. The lowest BCUT2D eigenvalue weighted by Crippen LogP contribution is -2.51. The molecule has 1 fully saturated rings. The molecule has 0 aromatic heterocycles. The molecule has 0 saturated carbocycles. The number of nitrogens with two attached hydrogens (primary N) is 1. The zero-order valence-corrected chi connectivity index (χ0v) is 17.2. The van der Waals surface area contributed by atoms with Crippen LogP contribution in [0.3, 0.4) is 0 Å². The predicted molar refractivity (Wildman–Crippen MR) is 117 cm³/mol. The van der Waals surface area contributed by atoms with Crippen molar-refractivity contribution in [3.8, 4) is 5.75 Å². The maximum Gasteiger partial charge on any atom is 0.242 e. The van der Waals surface area contributed by atoms with Gasteiger partial charge in [0.2, 0.25) is 5.91 Å². The number of benzene rings is 2. The van der Waals surface area contributed by atoms with E-state index in [4.69, 9.17) is 22.1 Å². The van der Waals surface area contributed by atoms with Crippen LogP contribution in [0.25, 0.3) is 0 Å². The lowest BCUT2D eigenvalue weighted by Gasteiger charge is -2.36. The van der Waals surface area contributed by atoms with Gasteiger partial charge in [0.25, 0.3) is 0 Å². The first-order chi connectivity index (χ1) is 14.0. The predicted octanol–water partition coefficient (Wildman–Crippen LogP) is 2.10. The Labute approximate surface area is 176 Å². The number of halogens is 1. The molecule has 7 nitrogen and oxygen atoms in total. The molecule has 2 aromatic carbocycles. The molecule has 3 N–H and O–H groups in total. The Morgan fingerprint density at radius 2 is 1.76 bits per heavy atom. The molecule has 1 aliphatic heterocycles. The summed E-state index contributed by atoms with van der Waals surface area (Å²) in [5, 5.41) is 3.58. The third kappa shape index (κ3) is 6.02. The molecule has 0 radical (unpaired) electrons. The molecule has 1 aliphatic rings. The fraction of sp³-hybridized carbons (Fsp3) is 0.333. The number of rotatable bonds is 6. The van der Waals surface area contributed by atoms with Crippen molar-refractivity contribution in [1.82, 2.24) is 10.2 Å². The van der Waals surface area contributed by atoms with Gasteiger partial charge in [-0.25, -0.2) is 4.99 Å².